The molecule has 2 aliphatic rings. The minimum atomic E-state index is -0.0131. The fraction of sp³-hybridized carbons (Fsp3) is 0.615. The third-order valence-electron chi connectivity index (χ3n) is 3.78. The second kappa shape index (κ2) is 5.05. The van der Waals surface area contributed by atoms with E-state index in [1.165, 1.54) is 12.8 Å². The largest absolute Gasteiger partial charge is 0.444 e. The van der Waals surface area contributed by atoms with Crippen LogP contribution in [0.3, 0.4) is 0 Å². The van der Waals surface area contributed by atoms with Crippen LogP contribution in [0.4, 0.5) is 0 Å². The Labute approximate surface area is 114 Å². The summed E-state index contributed by atoms with van der Waals surface area (Å²) in [4.78, 5) is 14.4. The summed E-state index contributed by atoms with van der Waals surface area (Å²) in [5, 5.41) is 0. The van der Waals surface area contributed by atoms with Crippen molar-refractivity contribution in [2.75, 3.05) is 13.2 Å². The lowest BCUT2D eigenvalue weighted by atomic mass is 9.90. The number of fused-ring (bicyclic) bond motifs is 1. The van der Waals surface area contributed by atoms with Crippen LogP contribution in [-0.4, -0.2) is 36.1 Å². The fourth-order valence-electron chi connectivity index (χ4n) is 2.92. The van der Waals surface area contributed by atoms with Crippen molar-refractivity contribution < 1.29 is 13.9 Å². The first-order valence-electron chi connectivity index (χ1n) is 6.43. The van der Waals surface area contributed by atoms with Gasteiger partial charge in [-0.15, -0.1) is 0 Å². The van der Waals surface area contributed by atoms with Gasteiger partial charge in [-0.25, -0.2) is 0 Å². The van der Waals surface area contributed by atoms with Gasteiger partial charge in [0, 0.05) is 6.54 Å². The number of nitrogens with zero attached hydrogens (tertiary/aromatic N) is 1. The SMILES string of the molecule is O=C(c1ccc(Br)o1)N1CCOC2CCCCC21. The van der Waals surface area contributed by atoms with Gasteiger partial charge in [0.05, 0.1) is 18.8 Å². The average Bonchev–Trinajstić information content (AvgIpc) is 2.84. The van der Waals surface area contributed by atoms with Crippen molar-refractivity contribution in [2.45, 2.75) is 37.8 Å². The van der Waals surface area contributed by atoms with Crippen LogP contribution in [-0.2, 0) is 4.74 Å². The van der Waals surface area contributed by atoms with Crippen LogP contribution in [0.15, 0.2) is 21.2 Å². The maximum atomic E-state index is 12.4. The summed E-state index contributed by atoms with van der Waals surface area (Å²) in [5.74, 6) is 0.397. The Bertz CT molecular complexity index is 443. The molecule has 1 aliphatic carbocycles. The van der Waals surface area contributed by atoms with Crippen LogP contribution in [0.5, 0.6) is 0 Å². The molecule has 2 atom stereocenters. The van der Waals surface area contributed by atoms with Gasteiger partial charge in [0.25, 0.3) is 5.91 Å². The van der Waals surface area contributed by atoms with E-state index < -0.39 is 0 Å². The number of hydrogen-bond donors (Lipinski definition) is 0. The first-order valence-corrected chi connectivity index (χ1v) is 7.23. The molecule has 0 radical (unpaired) electrons. The number of amides is 1. The number of morpholine rings is 1. The van der Waals surface area contributed by atoms with E-state index in [4.69, 9.17) is 9.15 Å². The molecule has 2 heterocycles. The average molecular weight is 314 g/mol. The van der Waals surface area contributed by atoms with Gasteiger partial charge in [-0.1, -0.05) is 12.8 Å². The van der Waals surface area contributed by atoms with E-state index in [1.807, 2.05) is 4.90 Å². The van der Waals surface area contributed by atoms with Crippen molar-refractivity contribution in [1.29, 1.82) is 0 Å². The van der Waals surface area contributed by atoms with Crippen LogP contribution in [0.1, 0.15) is 36.2 Å². The molecule has 1 saturated carbocycles. The van der Waals surface area contributed by atoms with E-state index in [-0.39, 0.29) is 18.1 Å². The highest BCUT2D eigenvalue weighted by Gasteiger charge is 2.37. The van der Waals surface area contributed by atoms with E-state index in [2.05, 4.69) is 15.9 Å². The van der Waals surface area contributed by atoms with E-state index in [9.17, 15) is 4.79 Å². The van der Waals surface area contributed by atoms with Crippen molar-refractivity contribution >= 4 is 21.8 Å². The molecule has 0 N–H and O–H groups in total. The van der Waals surface area contributed by atoms with Crippen molar-refractivity contribution in [1.82, 2.24) is 4.90 Å². The number of carbonyl (C=O) groups is 1. The second-order valence-electron chi connectivity index (χ2n) is 4.86. The fourth-order valence-corrected chi connectivity index (χ4v) is 3.23. The highest BCUT2D eigenvalue weighted by Crippen LogP contribution is 2.29. The van der Waals surface area contributed by atoms with Crippen LogP contribution >= 0.6 is 15.9 Å². The highest BCUT2D eigenvalue weighted by molar-refractivity contribution is 9.10. The molecule has 1 saturated heterocycles. The highest BCUT2D eigenvalue weighted by atomic mass is 79.9. The lowest BCUT2D eigenvalue weighted by molar-refractivity contribution is -0.0759. The minimum Gasteiger partial charge on any atom is -0.444 e. The summed E-state index contributed by atoms with van der Waals surface area (Å²) in [6.07, 6.45) is 4.70. The summed E-state index contributed by atoms with van der Waals surface area (Å²) in [5.41, 5.74) is 0. The third kappa shape index (κ3) is 2.21. The van der Waals surface area contributed by atoms with Crippen LogP contribution in [0.2, 0.25) is 0 Å². The van der Waals surface area contributed by atoms with Gasteiger partial charge in [-0.05, 0) is 40.9 Å². The molecule has 1 amide bonds. The number of furan rings is 1. The number of halogens is 1. The van der Waals surface area contributed by atoms with Crippen LogP contribution < -0.4 is 0 Å². The molecule has 18 heavy (non-hydrogen) atoms. The Balaban J connectivity index is 1.79. The summed E-state index contributed by atoms with van der Waals surface area (Å²) in [6.45, 7) is 1.30. The maximum absolute atomic E-state index is 12.4. The topological polar surface area (TPSA) is 42.7 Å². The molecule has 3 rings (SSSR count). The third-order valence-corrected chi connectivity index (χ3v) is 4.20. The molecule has 4 nitrogen and oxygen atoms in total. The lowest BCUT2D eigenvalue weighted by Crippen LogP contribution is -2.54. The zero-order valence-corrected chi connectivity index (χ0v) is 11.7. The second-order valence-corrected chi connectivity index (χ2v) is 5.64. The summed E-state index contributed by atoms with van der Waals surface area (Å²) < 4.78 is 11.7. The minimum absolute atomic E-state index is 0.0131. The predicted octanol–water partition coefficient (Wildman–Crippen LogP) is 2.83. The molecule has 2 unspecified atom stereocenters. The van der Waals surface area contributed by atoms with Crippen molar-refractivity contribution in [3.63, 3.8) is 0 Å². The quantitative estimate of drug-likeness (QED) is 0.800. The first kappa shape index (κ1) is 12.2. The molecule has 1 aromatic heterocycles. The standard InChI is InChI=1S/C13H16BrNO3/c14-12-6-5-11(18-12)13(16)15-7-8-17-10-4-2-1-3-9(10)15/h5-6,9-10H,1-4,7-8H2. The molecule has 0 bridgehead atoms. The van der Waals surface area contributed by atoms with Crippen LogP contribution in [0, 0.1) is 0 Å². The molecule has 0 spiro atoms. The maximum Gasteiger partial charge on any atom is 0.290 e. The monoisotopic (exact) mass is 313 g/mol. The molecule has 5 heteroatoms. The van der Waals surface area contributed by atoms with Crippen molar-refractivity contribution in [2.24, 2.45) is 0 Å². The smallest absolute Gasteiger partial charge is 0.290 e. The van der Waals surface area contributed by atoms with Crippen molar-refractivity contribution in [3.05, 3.63) is 22.6 Å². The van der Waals surface area contributed by atoms with Gasteiger partial charge >= 0.3 is 0 Å². The molecule has 0 aromatic carbocycles. The van der Waals surface area contributed by atoms with E-state index in [0.29, 0.717) is 23.6 Å². The molecular weight excluding hydrogens is 298 g/mol. The van der Waals surface area contributed by atoms with Gasteiger partial charge in [-0.2, -0.15) is 0 Å². The van der Waals surface area contributed by atoms with Crippen molar-refractivity contribution in [3.8, 4) is 0 Å². The lowest BCUT2D eigenvalue weighted by Gasteiger charge is -2.43. The molecule has 1 aromatic rings. The number of hydrogen-bond acceptors (Lipinski definition) is 3. The van der Waals surface area contributed by atoms with E-state index in [1.54, 1.807) is 12.1 Å². The van der Waals surface area contributed by atoms with E-state index in [0.717, 1.165) is 12.8 Å². The van der Waals surface area contributed by atoms with Gasteiger partial charge in [0.1, 0.15) is 0 Å². The first-order chi connectivity index (χ1) is 8.75. The number of carbonyl (C=O) groups excluding carboxylic acids is 1. The summed E-state index contributed by atoms with van der Waals surface area (Å²) in [6, 6.07) is 3.70. The molecular formula is C13H16BrNO3. The summed E-state index contributed by atoms with van der Waals surface area (Å²) >= 11 is 3.23. The Morgan fingerprint density at radius 2 is 2.17 bits per heavy atom. The van der Waals surface area contributed by atoms with Crippen LogP contribution in [0.25, 0.3) is 0 Å². The zero-order chi connectivity index (χ0) is 12.5. The normalized spacial score (nSPS) is 27.9. The van der Waals surface area contributed by atoms with E-state index >= 15 is 0 Å². The Morgan fingerprint density at radius 3 is 2.94 bits per heavy atom. The zero-order valence-electron chi connectivity index (χ0n) is 10.1. The van der Waals surface area contributed by atoms with Gasteiger partial charge in [-0.3, -0.25) is 4.79 Å². The van der Waals surface area contributed by atoms with Gasteiger partial charge < -0.3 is 14.1 Å². The Morgan fingerprint density at radius 1 is 1.33 bits per heavy atom. The van der Waals surface area contributed by atoms with Gasteiger partial charge in [0.15, 0.2) is 10.4 Å². The molecule has 1 aliphatic heterocycles. The molecule has 98 valence electrons. The van der Waals surface area contributed by atoms with Gasteiger partial charge in [0.2, 0.25) is 0 Å². The number of rotatable bonds is 1. The number of ether oxygens (including phenoxy) is 1. The predicted molar refractivity (Wildman–Crippen MR) is 69.4 cm³/mol. The Kier molecular flexibility index (Phi) is 3.43. The summed E-state index contributed by atoms with van der Waals surface area (Å²) in [7, 11) is 0. The molecule has 2 fully saturated rings. The Hall–Kier alpha value is -0.810.